The van der Waals surface area contributed by atoms with Crippen LogP contribution in [0.4, 0.5) is 17.6 Å². The summed E-state index contributed by atoms with van der Waals surface area (Å²) in [6.07, 6.45) is -1.27. The number of halogens is 6. The number of nitrogens with zero attached hydrogens (tertiary/aromatic N) is 2. The van der Waals surface area contributed by atoms with Crippen LogP contribution in [0.15, 0.2) is 48.9 Å². The van der Waals surface area contributed by atoms with E-state index < -0.39 is 17.6 Å². The number of fused-ring (bicyclic) bond motifs is 1. The van der Waals surface area contributed by atoms with E-state index in [1.54, 1.807) is 4.90 Å². The van der Waals surface area contributed by atoms with Crippen molar-refractivity contribution in [2.45, 2.75) is 32.0 Å². The number of hydrogen-bond acceptors (Lipinski definition) is 2. The molecule has 0 unspecified atom stereocenters. The van der Waals surface area contributed by atoms with Crippen LogP contribution in [0.1, 0.15) is 40.7 Å². The van der Waals surface area contributed by atoms with Crippen molar-refractivity contribution in [1.29, 1.82) is 0 Å². The predicted octanol–water partition coefficient (Wildman–Crippen LogP) is 7.47. The molecule has 1 N–H and O–H groups in total. The molecule has 1 amide bonds. The predicted molar refractivity (Wildman–Crippen MR) is 127 cm³/mol. The number of hydrogen-bond donors (Lipinski definition) is 1. The topological polar surface area (TPSA) is 45.5 Å². The maximum absolute atomic E-state index is 14.7. The van der Waals surface area contributed by atoms with Crippen molar-refractivity contribution in [3.63, 3.8) is 0 Å². The number of piperidine rings is 1. The van der Waals surface area contributed by atoms with Gasteiger partial charge in [0.05, 0.1) is 34.0 Å². The standard InChI is InChI=1S/C25H22Cl2F4N2O2/c1-14(34)10-15-4-7-32(8-5-15)24(35)18-2-3-20(26)19(22(18)27)13-33-9-6-16-11-17(25(29,30)31)12-21(28)23(16)33/h2-3,6,9,11-12,15,34H,1,4-5,7-8,10,13H2. The largest absolute Gasteiger partial charge is 0.513 e. The first-order valence-electron chi connectivity index (χ1n) is 10.9. The minimum atomic E-state index is -4.67. The third-order valence-corrected chi connectivity index (χ3v) is 7.10. The number of aliphatic hydroxyl groups excluding tert-OH is 1. The van der Waals surface area contributed by atoms with Crippen LogP contribution in [0.25, 0.3) is 10.9 Å². The number of benzene rings is 2. The lowest BCUT2D eigenvalue weighted by molar-refractivity contribution is -0.137. The van der Waals surface area contributed by atoms with Gasteiger partial charge >= 0.3 is 6.18 Å². The van der Waals surface area contributed by atoms with Crippen LogP contribution in [0.2, 0.25) is 10.0 Å². The maximum atomic E-state index is 14.7. The van der Waals surface area contributed by atoms with Gasteiger partial charge in [0.15, 0.2) is 0 Å². The lowest BCUT2D eigenvalue weighted by Crippen LogP contribution is -2.38. The zero-order valence-corrected chi connectivity index (χ0v) is 20.0. The number of likely N-dealkylation sites (tertiary alicyclic amines) is 1. The Kier molecular flexibility index (Phi) is 7.06. The van der Waals surface area contributed by atoms with Gasteiger partial charge in [0.25, 0.3) is 5.91 Å². The molecule has 10 heteroatoms. The summed E-state index contributed by atoms with van der Waals surface area (Å²) in [4.78, 5) is 14.9. The van der Waals surface area contributed by atoms with Gasteiger partial charge in [0.1, 0.15) is 5.82 Å². The molecule has 0 bridgehead atoms. The van der Waals surface area contributed by atoms with Gasteiger partial charge < -0.3 is 14.6 Å². The number of rotatable bonds is 5. The van der Waals surface area contributed by atoms with Gasteiger partial charge in [-0.2, -0.15) is 13.2 Å². The SMILES string of the molecule is C=C(O)CC1CCN(C(=O)c2ccc(Cl)c(Cn3ccc4cc(C(F)(F)F)cc(F)c43)c2Cl)CC1. The first-order valence-corrected chi connectivity index (χ1v) is 11.7. The van der Waals surface area contributed by atoms with Crippen molar-refractivity contribution in [2.24, 2.45) is 5.92 Å². The van der Waals surface area contributed by atoms with Crippen LogP contribution in [-0.4, -0.2) is 33.6 Å². The number of aliphatic hydroxyl groups is 1. The molecule has 1 aliphatic rings. The highest BCUT2D eigenvalue weighted by molar-refractivity contribution is 6.38. The highest BCUT2D eigenvalue weighted by Crippen LogP contribution is 2.35. The Bertz CT molecular complexity index is 1290. The molecule has 1 aromatic heterocycles. The Balaban J connectivity index is 1.60. The molecule has 0 spiro atoms. The summed E-state index contributed by atoms with van der Waals surface area (Å²) in [6.45, 7) is 4.48. The second-order valence-electron chi connectivity index (χ2n) is 8.73. The molecule has 2 heterocycles. The second kappa shape index (κ2) is 9.74. The molecule has 35 heavy (non-hydrogen) atoms. The maximum Gasteiger partial charge on any atom is 0.416 e. The van der Waals surface area contributed by atoms with E-state index in [1.165, 1.54) is 29.0 Å². The van der Waals surface area contributed by atoms with Crippen molar-refractivity contribution < 1.29 is 27.5 Å². The van der Waals surface area contributed by atoms with Crippen molar-refractivity contribution in [3.8, 4) is 0 Å². The zero-order valence-electron chi connectivity index (χ0n) is 18.5. The van der Waals surface area contributed by atoms with Crippen molar-refractivity contribution in [2.75, 3.05) is 13.1 Å². The number of alkyl halides is 3. The first-order chi connectivity index (χ1) is 16.5. The summed E-state index contributed by atoms with van der Waals surface area (Å²) >= 11 is 12.9. The second-order valence-corrected chi connectivity index (χ2v) is 9.52. The van der Waals surface area contributed by atoms with Gasteiger partial charge in [0.2, 0.25) is 0 Å². The fourth-order valence-corrected chi connectivity index (χ4v) is 5.08. The van der Waals surface area contributed by atoms with Gasteiger partial charge in [-0.3, -0.25) is 4.79 Å². The molecule has 1 aliphatic heterocycles. The lowest BCUT2D eigenvalue weighted by Gasteiger charge is -2.32. The number of allylic oxidation sites excluding steroid dienone is 1. The fourth-order valence-electron chi connectivity index (χ4n) is 4.51. The third-order valence-electron chi connectivity index (χ3n) is 6.31. The van der Waals surface area contributed by atoms with Crippen molar-refractivity contribution >= 4 is 40.0 Å². The normalized spacial score (nSPS) is 15.1. The Morgan fingerprint density at radius 1 is 1.14 bits per heavy atom. The highest BCUT2D eigenvalue weighted by atomic mass is 35.5. The molecular weight excluding hydrogens is 507 g/mol. The van der Waals surface area contributed by atoms with Gasteiger partial charge in [-0.25, -0.2) is 4.39 Å². The van der Waals surface area contributed by atoms with Crippen LogP contribution >= 0.6 is 23.2 Å². The summed E-state index contributed by atoms with van der Waals surface area (Å²) in [5.74, 6) is -0.911. The summed E-state index contributed by atoms with van der Waals surface area (Å²) in [5.41, 5.74) is -0.486. The summed E-state index contributed by atoms with van der Waals surface area (Å²) in [5, 5.41) is 9.86. The third kappa shape index (κ3) is 5.28. The van der Waals surface area contributed by atoms with Gasteiger partial charge in [-0.1, -0.05) is 29.8 Å². The molecule has 186 valence electrons. The van der Waals surface area contributed by atoms with E-state index in [4.69, 9.17) is 23.2 Å². The fraction of sp³-hybridized carbons (Fsp3) is 0.320. The van der Waals surface area contributed by atoms with Gasteiger partial charge in [-0.15, -0.1) is 0 Å². The highest BCUT2D eigenvalue weighted by Gasteiger charge is 2.32. The Morgan fingerprint density at radius 2 is 1.83 bits per heavy atom. The van der Waals surface area contributed by atoms with E-state index in [1.807, 2.05) is 0 Å². The van der Waals surface area contributed by atoms with Crippen LogP contribution in [0, 0.1) is 11.7 Å². The Labute approximate surface area is 209 Å². The van der Waals surface area contributed by atoms with Crippen molar-refractivity contribution in [1.82, 2.24) is 9.47 Å². The van der Waals surface area contributed by atoms with E-state index in [2.05, 4.69) is 6.58 Å². The van der Waals surface area contributed by atoms with E-state index in [-0.39, 0.29) is 50.6 Å². The monoisotopic (exact) mass is 528 g/mol. The van der Waals surface area contributed by atoms with E-state index in [0.29, 0.717) is 31.1 Å². The van der Waals surface area contributed by atoms with E-state index in [0.717, 1.165) is 18.9 Å². The average Bonchev–Trinajstić information content (AvgIpc) is 3.19. The Hall–Kier alpha value is -2.71. The molecule has 0 atom stereocenters. The van der Waals surface area contributed by atoms with Gasteiger partial charge in [-0.05, 0) is 49.1 Å². The number of carbonyl (C=O) groups excluding carboxylic acids is 1. The number of carbonyl (C=O) groups is 1. The molecule has 1 fully saturated rings. The molecule has 2 aromatic carbocycles. The minimum Gasteiger partial charge on any atom is -0.513 e. The van der Waals surface area contributed by atoms with Crippen LogP contribution < -0.4 is 0 Å². The van der Waals surface area contributed by atoms with E-state index >= 15 is 0 Å². The summed E-state index contributed by atoms with van der Waals surface area (Å²) in [6, 6.07) is 5.78. The van der Waals surface area contributed by atoms with Gasteiger partial charge in [0, 0.05) is 41.7 Å². The number of amides is 1. The molecule has 4 rings (SSSR count). The minimum absolute atomic E-state index is 0.0191. The quantitative estimate of drug-likeness (QED) is 0.275. The lowest BCUT2D eigenvalue weighted by atomic mass is 9.92. The molecule has 4 nitrogen and oxygen atoms in total. The average molecular weight is 529 g/mol. The Morgan fingerprint density at radius 3 is 2.46 bits per heavy atom. The van der Waals surface area contributed by atoms with Crippen LogP contribution in [0.3, 0.4) is 0 Å². The molecule has 1 saturated heterocycles. The summed E-state index contributed by atoms with van der Waals surface area (Å²) < 4.78 is 55.2. The smallest absolute Gasteiger partial charge is 0.416 e. The molecule has 0 radical (unpaired) electrons. The van der Waals surface area contributed by atoms with Crippen LogP contribution in [0.5, 0.6) is 0 Å². The first kappa shape index (κ1) is 25.4. The zero-order chi connectivity index (χ0) is 25.5. The van der Waals surface area contributed by atoms with E-state index in [9.17, 15) is 27.5 Å². The van der Waals surface area contributed by atoms with Crippen LogP contribution in [-0.2, 0) is 12.7 Å². The molecule has 3 aromatic rings. The molecule has 0 saturated carbocycles. The van der Waals surface area contributed by atoms with Crippen molar-refractivity contribution in [3.05, 3.63) is 81.4 Å². The number of aromatic nitrogens is 1. The molecular formula is C25H22Cl2F4N2O2. The summed E-state index contributed by atoms with van der Waals surface area (Å²) in [7, 11) is 0. The molecule has 0 aliphatic carbocycles.